The van der Waals surface area contributed by atoms with Gasteiger partial charge in [-0.25, -0.2) is 9.07 Å². The van der Waals surface area contributed by atoms with Crippen molar-refractivity contribution in [3.63, 3.8) is 0 Å². The zero-order valence-corrected chi connectivity index (χ0v) is 17.2. The van der Waals surface area contributed by atoms with Crippen LogP contribution in [0.2, 0.25) is 0 Å². The number of rotatable bonds is 4. The van der Waals surface area contributed by atoms with Gasteiger partial charge in [0.2, 0.25) is 0 Å². The Balaban J connectivity index is 1.32. The van der Waals surface area contributed by atoms with Crippen LogP contribution in [0.3, 0.4) is 0 Å². The van der Waals surface area contributed by atoms with E-state index in [4.69, 9.17) is 4.74 Å². The summed E-state index contributed by atoms with van der Waals surface area (Å²) in [7, 11) is 0. The van der Waals surface area contributed by atoms with Crippen molar-refractivity contribution in [2.45, 2.75) is 13.3 Å². The molecule has 1 aliphatic rings. The molecule has 0 fully saturated rings. The highest BCUT2D eigenvalue weighted by Gasteiger charge is 2.22. The van der Waals surface area contributed by atoms with Gasteiger partial charge in [0.1, 0.15) is 16.4 Å². The lowest BCUT2D eigenvalue weighted by Gasteiger charge is -2.25. The van der Waals surface area contributed by atoms with Crippen LogP contribution in [0.25, 0.3) is 15.9 Å². The maximum atomic E-state index is 13.3. The van der Waals surface area contributed by atoms with E-state index in [1.54, 1.807) is 16.8 Å². The average molecular weight is 421 g/mol. The molecule has 0 spiro atoms. The fourth-order valence-corrected chi connectivity index (χ4v) is 4.86. The zero-order valence-electron chi connectivity index (χ0n) is 16.4. The average Bonchev–Trinajstić information content (AvgIpc) is 3.33. The summed E-state index contributed by atoms with van der Waals surface area (Å²) in [6.45, 7) is 3.07. The fraction of sp³-hybridized carbons (Fsp3) is 0.217. The van der Waals surface area contributed by atoms with Crippen molar-refractivity contribution in [1.29, 1.82) is 0 Å². The fourth-order valence-electron chi connectivity index (χ4n) is 3.76. The number of benzene rings is 2. The van der Waals surface area contributed by atoms with Gasteiger partial charge in [0.05, 0.1) is 22.9 Å². The third-order valence-electron chi connectivity index (χ3n) is 5.35. The standard InChI is InChI=1S/C23H20FN3O2S/c1-14-19-11-21(30-23(19)27(26-14)18-8-6-17(24)7-9-18)22(28)25-12-15-10-16-4-2-3-5-20(16)29-13-15/h2-9,11,15H,10,12-13H2,1H3,(H,25,28). The van der Waals surface area contributed by atoms with Gasteiger partial charge >= 0.3 is 0 Å². The van der Waals surface area contributed by atoms with Gasteiger partial charge in [-0.1, -0.05) is 18.2 Å². The minimum atomic E-state index is -0.292. The normalized spacial score (nSPS) is 15.6. The van der Waals surface area contributed by atoms with Crippen molar-refractivity contribution in [2.24, 2.45) is 5.92 Å². The number of thiophene rings is 1. The number of carbonyl (C=O) groups excluding carboxylic acids is 1. The van der Waals surface area contributed by atoms with Crippen LogP contribution < -0.4 is 10.1 Å². The highest BCUT2D eigenvalue weighted by Crippen LogP contribution is 2.31. The van der Waals surface area contributed by atoms with Crippen LogP contribution in [0.15, 0.2) is 54.6 Å². The Morgan fingerprint density at radius 2 is 2.07 bits per heavy atom. The first-order valence-electron chi connectivity index (χ1n) is 9.82. The smallest absolute Gasteiger partial charge is 0.261 e. The number of hydrogen-bond donors (Lipinski definition) is 1. The van der Waals surface area contributed by atoms with E-state index in [-0.39, 0.29) is 17.6 Å². The SMILES string of the molecule is Cc1nn(-c2ccc(F)cc2)c2sc(C(=O)NCC3COc4ccccc4C3)cc12. The number of halogens is 1. The van der Waals surface area contributed by atoms with E-state index in [9.17, 15) is 9.18 Å². The Hall–Kier alpha value is -3.19. The van der Waals surface area contributed by atoms with Crippen LogP contribution >= 0.6 is 11.3 Å². The molecule has 2 aromatic heterocycles. The molecule has 30 heavy (non-hydrogen) atoms. The van der Waals surface area contributed by atoms with Gasteiger partial charge in [0.25, 0.3) is 5.91 Å². The summed E-state index contributed by atoms with van der Waals surface area (Å²) in [6, 6.07) is 16.1. The molecule has 5 rings (SSSR count). The van der Waals surface area contributed by atoms with Crippen molar-refractivity contribution in [2.75, 3.05) is 13.2 Å². The van der Waals surface area contributed by atoms with Gasteiger partial charge in [-0.2, -0.15) is 5.10 Å². The molecule has 1 aliphatic heterocycles. The molecular weight excluding hydrogens is 401 g/mol. The van der Waals surface area contributed by atoms with Gasteiger partial charge in [-0.05, 0) is 55.3 Å². The lowest BCUT2D eigenvalue weighted by molar-refractivity contribution is 0.0943. The summed E-state index contributed by atoms with van der Waals surface area (Å²) < 4.78 is 20.8. The number of aryl methyl sites for hydroxylation is 1. The van der Waals surface area contributed by atoms with Crippen LogP contribution in [0.4, 0.5) is 4.39 Å². The first kappa shape index (κ1) is 18.8. The quantitative estimate of drug-likeness (QED) is 0.527. The van der Waals surface area contributed by atoms with E-state index in [0.29, 0.717) is 18.0 Å². The molecule has 0 bridgehead atoms. The molecule has 5 nitrogen and oxygen atoms in total. The molecule has 0 saturated carbocycles. The minimum absolute atomic E-state index is 0.0971. The van der Waals surface area contributed by atoms with Crippen molar-refractivity contribution < 1.29 is 13.9 Å². The van der Waals surface area contributed by atoms with Crippen LogP contribution in [-0.4, -0.2) is 28.8 Å². The lowest BCUT2D eigenvalue weighted by atomic mass is 9.97. The molecule has 4 aromatic rings. The number of amides is 1. The third kappa shape index (κ3) is 3.45. The van der Waals surface area contributed by atoms with E-state index < -0.39 is 0 Å². The first-order chi connectivity index (χ1) is 14.6. The summed E-state index contributed by atoms with van der Waals surface area (Å²) in [4.78, 5) is 14.3. The van der Waals surface area contributed by atoms with Gasteiger partial charge in [0.15, 0.2) is 0 Å². The highest BCUT2D eigenvalue weighted by molar-refractivity contribution is 7.20. The van der Waals surface area contributed by atoms with Crippen LogP contribution in [0.5, 0.6) is 5.75 Å². The monoisotopic (exact) mass is 421 g/mol. The summed E-state index contributed by atoms with van der Waals surface area (Å²) >= 11 is 1.39. The summed E-state index contributed by atoms with van der Waals surface area (Å²) in [5, 5.41) is 8.53. The molecule has 1 atom stereocenters. The molecular formula is C23H20FN3O2S. The van der Waals surface area contributed by atoms with E-state index >= 15 is 0 Å². The molecule has 7 heteroatoms. The van der Waals surface area contributed by atoms with Crippen LogP contribution in [-0.2, 0) is 6.42 Å². The van der Waals surface area contributed by atoms with E-state index in [2.05, 4.69) is 16.5 Å². The van der Waals surface area contributed by atoms with Gasteiger partial charge in [0, 0.05) is 17.8 Å². The van der Waals surface area contributed by atoms with Gasteiger partial charge in [-0.15, -0.1) is 11.3 Å². The van der Waals surface area contributed by atoms with E-state index in [1.165, 1.54) is 29.0 Å². The Labute approximate surface area is 177 Å². The molecule has 3 heterocycles. The maximum Gasteiger partial charge on any atom is 0.261 e. The second-order valence-corrected chi connectivity index (χ2v) is 8.53. The van der Waals surface area contributed by atoms with Crippen LogP contribution in [0, 0.1) is 18.7 Å². The van der Waals surface area contributed by atoms with Gasteiger partial charge < -0.3 is 10.1 Å². The predicted molar refractivity (Wildman–Crippen MR) is 115 cm³/mol. The zero-order chi connectivity index (χ0) is 20.7. The van der Waals surface area contributed by atoms with E-state index in [0.717, 1.165) is 33.8 Å². The predicted octanol–water partition coefficient (Wildman–Crippen LogP) is 4.52. The van der Waals surface area contributed by atoms with Gasteiger partial charge in [-0.3, -0.25) is 4.79 Å². The largest absolute Gasteiger partial charge is 0.493 e. The number of carbonyl (C=O) groups is 1. The Kier molecular flexibility index (Phi) is 4.75. The highest BCUT2D eigenvalue weighted by atomic mass is 32.1. The summed E-state index contributed by atoms with van der Waals surface area (Å²) in [5.74, 6) is 0.791. The molecule has 2 aromatic carbocycles. The summed E-state index contributed by atoms with van der Waals surface area (Å²) in [6.07, 6.45) is 0.890. The third-order valence-corrected chi connectivity index (χ3v) is 6.46. The Morgan fingerprint density at radius 1 is 1.27 bits per heavy atom. The molecule has 0 radical (unpaired) electrons. The maximum absolute atomic E-state index is 13.3. The number of ether oxygens (including phenoxy) is 1. The number of nitrogens with zero attached hydrogens (tertiary/aromatic N) is 2. The van der Waals surface area contributed by atoms with E-state index in [1.807, 2.05) is 31.2 Å². The minimum Gasteiger partial charge on any atom is -0.493 e. The van der Waals surface area contributed by atoms with Crippen LogP contribution in [0.1, 0.15) is 20.9 Å². The molecule has 0 saturated heterocycles. The topological polar surface area (TPSA) is 56.2 Å². The number of hydrogen-bond acceptors (Lipinski definition) is 4. The number of fused-ring (bicyclic) bond motifs is 2. The number of nitrogens with one attached hydrogen (secondary N) is 1. The molecule has 1 unspecified atom stereocenters. The molecule has 152 valence electrons. The molecule has 1 N–H and O–H groups in total. The van der Waals surface area contributed by atoms with Crippen molar-refractivity contribution in [1.82, 2.24) is 15.1 Å². The molecule has 0 aliphatic carbocycles. The second-order valence-electron chi connectivity index (χ2n) is 7.50. The van der Waals surface area contributed by atoms with Crippen molar-refractivity contribution >= 4 is 27.5 Å². The Bertz CT molecular complexity index is 1230. The Morgan fingerprint density at radius 3 is 2.90 bits per heavy atom. The summed E-state index contributed by atoms with van der Waals surface area (Å²) in [5.41, 5.74) is 2.78. The first-order valence-corrected chi connectivity index (χ1v) is 10.6. The lowest BCUT2D eigenvalue weighted by Crippen LogP contribution is -2.34. The molecule has 1 amide bonds. The second kappa shape index (κ2) is 7.57. The number of para-hydroxylation sites is 1. The number of aromatic nitrogens is 2. The van der Waals surface area contributed by atoms with Crippen molar-refractivity contribution in [3.05, 3.63) is 76.5 Å². The van der Waals surface area contributed by atoms with Crippen molar-refractivity contribution in [3.8, 4) is 11.4 Å².